The van der Waals surface area contributed by atoms with E-state index < -0.39 is 5.97 Å². The molecule has 0 unspecified atom stereocenters. The van der Waals surface area contributed by atoms with Gasteiger partial charge in [-0.3, -0.25) is 19.4 Å². The van der Waals surface area contributed by atoms with Crippen LogP contribution < -0.4 is 5.73 Å². The predicted octanol–water partition coefficient (Wildman–Crippen LogP) is 7.60. The molecule has 0 aliphatic carbocycles. The highest BCUT2D eigenvalue weighted by Crippen LogP contribution is 2.13. The number of carboxylic acid groups (broad SMARTS) is 1. The summed E-state index contributed by atoms with van der Waals surface area (Å²) in [5.74, 6) is -0.466. The van der Waals surface area contributed by atoms with Crippen LogP contribution in [0.15, 0.2) is 57.5 Å². The quantitative estimate of drug-likeness (QED) is 0.211. The van der Waals surface area contributed by atoms with Crippen molar-refractivity contribution in [2.75, 3.05) is 19.6 Å². The molecule has 0 aromatic heterocycles. The number of aliphatic carboxylic acids is 1. The maximum absolute atomic E-state index is 12.0. The molecule has 0 aliphatic heterocycles. The summed E-state index contributed by atoms with van der Waals surface area (Å²) in [5.41, 5.74) is 7.38. The summed E-state index contributed by atoms with van der Waals surface area (Å²) in [6, 6.07) is 17.5. The van der Waals surface area contributed by atoms with E-state index >= 15 is 0 Å². The van der Waals surface area contributed by atoms with Crippen LogP contribution in [-0.4, -0.2) is 70.5 Å². The Kier molecular flexibility index (Phi) is 21.2. The van der Waals surface area contributed by atoms with Crippen LogP contribution >= 0.6 is 31.9 Å². The van der Waals surface area contributed by atoms with Crippen molar-refractivity contribution in [3.63, 3.8) is 0 Å². The summed E-state index contributed by atoms with van der Waals surface area (Å²) in [5, 5.41) is 8.42. The number of hydrogen-bond acceptors (Lipinski definition) is 5. The minimum atomic E-state index is -0.799. The van der Waals surface area contributed by atoms with E-state index in [0.717, 1.165) is 46.1 Å². The Balaban J connectivity index is 0.000000644. The molecule has 0 bridgehead atoms. The minimum absolute atomic E-state index is 0.0906. The molecule has 0 atom stereocenters. The van der Waals surface area contributed by atoms with E-state index in [1.807, 2.05) is 36.4 Å². The SMILES string of the molecule is CC(C)N(CCCC(=O)Cc1ccc(Br)cc1)C(C)C.CC(C)N(CCN)C(C)C.O=C(O)Cc1ccc(Br)cc1. The van der Waals surface area contributed by atoms with Gasteiger partial charge in [-0.05, 0) is 104 Å². The number of carbonyl (C=O) groups excluding carboxylic acids is 1. The minimum Gasteiger partial charge on any atom is -0.481 e. The second kappa shape index (κ2) is 22.0. The van der Waals surface area contributed by atoms with Crippen molar-refractivity contribution in [3.8, 4) is 0 Å². The molecule has 0 radical (unpaired) electrons. The first-order valence-corrected chi connectivity index (χ1v) is 16.2. The molecule has 2 rings (SSSR count). The molecule has 0 spiro atoms. The Labute approximate surface area is 266 Å². The zero-order valence-corrected chi connectivity index (χ0v) is 29.5. The lowest BCUT2D eigenvalue weighted by Gasteiger charge is -2.30. The van der Waals surface area contributed by atoms with Crippen LogP contribution in [0, 0.1) is 0 Å². The van der Waals surface area contributed by atoms with Gasteiger partial charge in [-0.25, -0.2) is 0 Å². The maximum atomic E-state index is 12.0. The zero-order chi connectivity index (χ0) is 31.5. The maximum Gasteiger partial charge on any atom is 0.307 e. The largest absolute Gasteiger partial charge is 0.481 e. The highest BCUT2D eigenvalue weighted by Gasteiger charge is 2.14. The normalized spacial score (nSPS) is 11.1. The highest BCUT2D eigenvalue weighted by molar-refractivity contribution is 9.10. The Morgan fingerprint density at radius 2 is 1.05 bits per heavy atom. The molecule has 2 aromatic rings. The van der Waals surface area contributed by atoms with Crippen LogP contribution in [0.1, 0.15) is 79.4 Å². The van der Waals surface area contributed by atoms with E-state index in [-0.39, 0.29) is 6.42 Å². The van der Waals surface area contributed by atoms with Crippen LogP contribution in [0.25, 0.3) is 0 Å². The number of hydrogen-bond donors (Lipinski definition) is 2. The Hall–Kier alpha value is -1.58. The standard InChI is InChI=1S/C17H26BrNO.C8H7BrO2.C8H20N2/c1-13(2)19(14(3)4)11-5-6-17(20)12-15-7-9-16(18)10-8-15;9-7-3-1-6(2-4-7)5-8(10)11;1-7(2)10(6-5-9)8(3)4/h7-10,13-14H,5-6,11-12H2,1-4H3;1-4H,5H2,(H,10,11);7-8H,5-6,9H2,1-4H3. The van der Waals surface area contributed by atoms with Gasteiger partial charge < -0.3 is 10.8 Å². The number of rotatable bonds is 14. The molecule has 0 amide bonds. The summed E-state index contributed by atoms with van der Waals surface area (Å²) < 4.78 is 2.02. The second-order valence-electron chi connectivity index (χ2n) is 11.3. The summed E-state index contributed by atoms with van der Waals surface area (Å²) in [6.45, 7) is 20.4. The van der Waals surface area contributed by atoms with Gasteiger partial charge in [0.2, 0.25) is 0 Å². The van der Waals surface area contributed by atoms with Gasteiger partial charge in [-0.1, -0.05) is 56.1 Å². The van der Waals surface area contributed by atoms with Gasteiger partial charge in [-0.15, -0.1) is 0 Å². The molecular formula is C33H53Br2N3O3. The first kappa shape index (κ1) is 39.4. The summed E-state index contributed by atoms with van der Waals surface area (Å²) >= 11 is 6.67. The van der Waals surface area contributed by atoms with Gasteiger partial charge in [0.15, 0.2) is 0 Å². The van der Waals surface area contributed by atoms with E-state index in [2.05, 4.69) is 97.0 Å². The molecule has 0 heterocycles. The highest BCUT2D eigenvalue weighted by atomic mass is 79.9. The Morgan fingerprint density at radius 3 is 1.37 bits per heavy atom. The number of carbonyl (C=O) groups is 2. The molecule has 8 heteroatoms. The van der Waals surface area contributed by atoms with Gasteiger partial charge in [-0.2, -0.15) is 0 Å². The lowest BCUT2D eigenvalue weighted by Crippen LogP contribution is -2.40. The van der Waals surface area contributed by atoms with Gasteiger partial charge in [0.25, 0.3) is 0 Å². The van der Waals surface area contributed by atoms with Gasteiger partial charge in [0.1, 0.15) is 5.78 Å². The predicted molar refractivity (Wildman–Crippen MR) is 181 cm³/mol. The van der Waals surface area contributed by atoms with Crippen LogP contribution in [-0.2, 0) is 22.4 Å². The lowest BCUT2D eigenvalue weighted by atomic mass is 10.1. The molecule has 0 aliphatic rings. The molecule has 2 aromatic carbocycles. The zero-order valence-electron chi connectivity index (χ0n) is 26.4. The van der Waals surface area contributed by atoms with Crippen molar-refractivity contribution in [1.29, 1.82) is 0 Å². The van der Waals surface area contributed by atoms with E-state index in [4.69, 9.17) is 10.8 Å². The van der Waals surface area contributed by atoms with Crippen molar-refractivity contribution >= 4 is 43.6 Å². The Bertz CT molecular complexity index is 962. The van der Waals surface area contributed by atoms with Crippen molar-refractivity contribution in [2.45, 2.75) is 105 Å². The number of halogens is 2. The second-order valence-corrected chi connectivity index (χ2v) is 13.1. The van der Waals surface area contributed by atoms with Crippen molar-refractivity contribution in [1.82, 2.24) is 9.80 Å². The fraction of sp³-hybridized carbons (Fsp3) is 0.576. The molecule has 6 nitrogen and oxygen atoms in total. The number of Topliss-reactive ketones (excluding diaryl/α,β-unsaturated/α-hetero) is 1. The van der Waals surface area contributed by atoms with E-state index in [1.165, 1.54) is 0 Å². The third-order valence-electron chi connectivity index (χ3n) is 6.50. The smallest absolute Gasteiger partial charge is 0.307 e. The molecule has 0 saturated heterocycles. The topological polar surface area (TPSA) is 86.9 Å². The first-order chi connectivity index (χ1) is 19.2. The molecule has 3 N–H and O–H groups in total. The number of nitrogens with zero attached hydrogens (tertiary/aromatic N) is 2. The van der Waals surface area contributed by atoms with Crippen molar-refractivity contribution < 1.29 is 14.7 Å². The van der Waals surface area contributed by atoms with E-state index in [1.54, 1.807) is 12.1 Å². The van der Waals surface area contributed by atoms with Gasteiger partial charge >= 0.3 is 5.97 Å². The number of carboxylic acids is 1. The van der Waals surface area contributed by atoms with E-state index in [0.29, 0.717) is 42.8 Å². The fourth-order valence-electron chi connectivity index (χ4n) is 4.53. The van der Waals surface area contributed by atoms with Crippen LogP contribution in [0.3, 0.4) is 0 Å². The average molecular weight is 700 g/mol. The Morgan fingerprint density at radius 1 is 0.683 bits per heavy atom. The molecule has 41 heavy (non-hydrogen) atoms. The summed E-state index contributed by atoms with van der Waals surface area (Å²) in [6.07, 6.45) is 2.27. The number of benzene rings is 2. The van der Waals surface area contributed by atoms with Gasteiger partial charge in [0, 0.05) is 59.0 Å². The van der Waals surface area contributed by atoms with Crippen LogP contribution in [0.4, 0.5) is 0 Å². The summed E-state index contributed by atoms with van der Waals surface area (Å²) in [7, 11) is 0. The fourth-order valence-corrected chi connectivity index (χ4v) is 5.06. The molecule has 232 valence electrons. The van der Waals surface area contributed by atoms with E-state index in [9.17, 15) is 9.59 Å². The molecular weight excluding hydrogens is 646 g/mol. The van der Waals surface area contributed by atoms with Crippen LogP contribution in [0.5, 0.6) is 0 Å². The lowest BCUT2D eigenvalue weighted by molar-refractivity contribution is -0.136. The van der Waals surface area contributed by atoms with Crippen LogP contribution in [0.2, 0.25) is 0 Å². The van der Waals surface area contributed by atoms with Crippen molar-refractivity contribution in [3.05, 3.63) is 68.6 Å². The first-order valence-electron chi connectivity index (χ1n) is 14.6. The van der Waals surface area contributed by atoms with Crippen molar-refractivity contribution in [2.24, 2.45) is 5.73 Å². The third kappa shape index (κ3) is 19.3. The summed E-state index contributed by atoms with van der Waals surface area (Å²) in [4.78, 5) is 27.1. The number of ketones is 1. The molecule has 0 saturated carbocycles. The number of nitrogens with two attached hydrogens (primary N) is 1. The molecule has 0 fully saturated rings. The third-order valence-corrected chi connectivity index (χ3v) is 7.55. The van der Waals surface area contributed by atoms with Gasteiger partial charge in [0.05, 0.1) is 6.42 Å². The monoisotopic (exact) mass is 697 g/mol. The average Bonchev–Trinajstić information content (AvgIpc) is 2.87.